The lowest BCUT2D eigenvalue weighted by Gasteiger charge is -2.23. The summed E-state index contributed by atoms with van der Waals surface area (Å²) < 4.78 is 56.9. The van der Waals surface area contributed by atoms with Crippen LogP contribution < -0.4 is 11.1 Å². The van der Waals surface area contributed by atoms with Crippen LogP contribution in [0.25, 0.3) is 0 Å². The molecule has 0 atom stereocenters. The number of aromatic amines is 1. The molecule has 0 spiro atoms. The minimum atomic E-state index is -4.58. The van der Waals surface area contributed by atoms with E-state index in [2.05, 4.69) is 15.5 Å². The van der Waals surface area contributed by atoms with Crippen molar-refractivity contribution in [3.05, 3.63) is 58.8 Å². The maximum absolute atomic E-state index is 13.3. The van der Waals surface area contributed by atoms with E-state index in [4.69, 9.17) is 15.9 Å². The summed E-state index contributed by atoms with van der Waals surface area (Å²) in [6, 6.07) is 6.24. The number of benzene rings is 1. The number of rotatable bonds is 7. The van der Waals surface area contributed by atoms with Crippen LogP contribution in [-0.4, -0.2) is 29.1 Å². The molecule has 1 fully saturated rings. The minimum absolute atomic E-state index is 0.0321. The molecular formula is C20H23F4N5O. The van der Waals surface area contributed by atoms with Crippen molar-refractivity contribution in [2.45, 2.75) is 31.9 Å². The number of nitrogens with two attached hydrogens (primary N) is 1. The average molecular weight is 425 g/mol. The number of alkyl halides is 3. The molecule has 0 radical (unpaired) electrons. The summed E-state index contributed by atoms with van der Waals surface area (Å²) in [5, 5.41) is 16.7. The second-order valence-corrected chi connectivity index (χ2v) is 7.16. The smallest absolute Gasteiger partial charge is 0.385 e. The van der Waals surface area contributed by atoms with Crippen molar-refractivity contribution in [2.75, 3.05) is 18.5 Å². The average Bonchev–Trinajstić information content (AvgIpc) is 3.18. The van der Waals surface area contributed by atoms with E-state index in [-0.39, 0.29) is 17.4 Å². The molecule has 0 saturated carbocycles. The van der Waals surface area contributed by atoms with Gasteiger partial charge in [-0.2, -0.15) is 18.3 Å². The number of aromatic nitrogens is 2. The zero-order valence-electron chi connectivity index (χ0n) is 16.2. The largest absolute Gasteiger partial charge is 0.435 e. The van der Waals surface area contributed by atoms with Crippen LogP contribution in [0.2, 0.25) is 0 Å². The molecule has 0 amide bonds. The number of allylic oxidation sites excluding steroid dienone is 1. The summed E-state index contributed by atoms with van der Waals surface area (Å²) in [6.45, 7) is 1.36. The Morgan fingerprint density at radius 2 is 1.90 bits per heavy atom. The normalized spacial score (nSPS) is 16.3. The van der Waals surface area contributed by atoms with Gasteiger partial charge in [0, 0.05) is 30.4 Å². The van der Waals surface area contributed by atoms with E-state index in [0.717, 1.165) is 25.3 Å². The lowest BCUT2D eigenvalue weighted by atomic mass is 9.90. The highest BCUT2D eigenvalue weighted by Crippen LogP contribution is 2.29. The van der Waals surface area contributed by atoms with Crippen molar-refractivity contribution in [1.29, 1.82) is 5.41 Å². The molecule has 6 nitrogen and oxygen atoms in total. The third-order valence-corrected chi connectivity index (χ3v) is 5.04. The van der Waals surface area contributed by atoms with E-state index in [1.807, 2.05) is 0 Å². The topological polar surface area (TPSA) is 99.8 Å². The molecule has 0 aliphatic carbocycles. The fourth-order valence-electron chi connectivity index (χ4n) is 3.32. The lowest BCUT2D eigenvalue weighted by Crippen LogP contribution is -2.20. The molecule has 1 aliphatic heterocycles. The summed E-state index contributed by atoms with van der Waals surface area (Å²) in [5.74, 6) is -0.00173. The van der Waals surface area contributed by atoms with Gasteiger partial charge in [-0.15, -0.1) is 0 Å². The Morgan fingerprint density at radius 1 is 1.23 bits per heavy atom. The predicted molar refractivity (Wildman–Crippen MR) is 104 cm³/mol. The predicted octanol–water partition coefficient (Wildman–Crippen LogP) is 4.42. The Balaban J connectivity index is 1.83. The van der Waals surface area contributed by atoms with Gasteiger partial charge in [0.25, 0.3) is 0 Å². The molecule has 10 heteroatoms. The van der Waals surface area contributed by atoms with Crippen molar-refractivity contribution in [1.82, 2.24) is 10.2 Å². The highest BCUT2D eigenvalue weighted by molar-refractivity contribution is 6.11. The van der Waals surface area contributed by atoms with Crippen LogP contribution in [0.5, 0.6) is 0 Å². The number of anilines is 1. The third-order valence-electron chi connectivity index (χ3n) is 5.04. The molecule has 1 aliphatic rings. The van der Waals surface area contributed by atoms with Gasteiger partial charge in [-0.05, 0) is 55.9 Å². The third kappa shape index (κ3) is 5.59. The van der Waals surface area contributed by atoms with Gasteiger partial charge in [0.2, 0.25) is 0 Å². The van der Waals surface area contributed by atoms with Crippen molar-refractivity contribution < 1.29 is 22.3 Å². The first kappa shape index (κ1) is 21.8. The van der Waals surface area contributed by atoms with Crippen molar-refractivity contribution >= 4 is 11.5 Å². The van der Waals surface area contributed by atoms with Crippen LogP contribution in [-0.2, 0) is 10.9 Å². The fraction of sp³-hybridized carbons (Fsp3) is 0.400. The van der Waals surface area contributed by atoms with Gasteiger partial charge in [0.05, 0.1) is 5.71 Å². The Morgan fingerprint density at radius 3 is 2.50 bits per heavy atom. The van der Waals surface area contributed by atoms with Gasteiger partial charge in [-0.3, -0.25) is 10.5 Å². The number of hydrogen-bond donors (Lipinski definition) is 4. The van der Waals surface area contributed by atoms with Crippen LogP contribution in [0.15, 0.2) is 41.7 Å². The molecule has 0 bridgehead atoms. The van der Waals surface area contributed by atoms with E-state index in [9.17, 15) is 17.6 Å². The molecular weight excluding hydrogens is 402 g/mol. The summed E-state index contributed by atoms with van der Waals surface area (Å²) >= 11 is 0. The van der Waals surface area contributed by atoms with Gasteiger partial charge in [0.15, 0.2) is 5.69 Å². The van der Waals surface area contributed by atoms with Crippen LogP contribution in [0.4, 0.5) is 23.4 Å². The first-order chi connectivity index (χ1) is 14.2. The van der Waals surface area contributed by atoms with Crippen molar-refractivity contribution in [3.8, 4) is 0 Å². The molecule has 30 heavy (non-hydrogen) atoms. The molecule has 0 unspecified atom stereocenters. The second-order valence-electron chi connectivity index (χ2n) is 7.16. The summed E-state index contributed by atoms with van der Waals surface area (Å²) in [7, 11) is 0. The summed E-state index contributed by atoms with van der Waals surface area (Å²) in [6.07, 6.45) is -1.58. The SMILES string of the molecule is N=C(/C(CCC1CCOCC1)=C(/N)Nc1cc(C(F)(F)F)n[nH]1)c1ccc(F)cc1. The molecule has 1 aromatic heterocycles. The zero-order valence-corrected chi connectivity index (χ0v) is 16.2. The maximum Gasteiger partial charge on any atom is 0.435 e. The highest BCUT2D eigenvalue weighted by Gasteiger charge is 2.34. The number of halogens is 4. The van der Waals surface area contributed by atoms with E-state index in [0.29, 0.717) is 36.7 Å². The number of nitrogens with one attached hydrogen (secondary N) is 3. The van der Waals surface area contributed by atoms with Crippen molar-refractivity contribution in [2.24, 2.45) is 11.7 Å². The molecule has 162 valence electrons. The Bertz CT molecular complexity index is 899. The quantitative estimate of drug-likeness (QED) is 0.390. The van der Waals surface area contributed by atoms with Crippen LogP contribution in [0, 0.1) is 17.1 Å². The van der Waals surface area contributed by atoms with E-state index >= 15 is 0 Å². The summed E-state index contributed by atoms with van der Waals surface area (Å²) in [5.41, 5.74) is 6.07. The van der Waals surface area contributed by atoms with Crippen LogP contribution >= 0.6 is 0 Å². The van der Waals surface area contributed by atoms with E-state index in [1.165, 1.54) is 24.3 Å². The van der Waals surface area contributed by atoms with Gasteiger partial charge in [-0.1, -0.05) is 0 Å². The maximum atomic E-state index is 13.3. The van der Waals surface area contributed by atoms with Gasteiger partial charge in [0.1, 0.15) is 17.5 Å². The molecule has 1 aromatic carbocycles. The lowest BCUT2D eigenvalue weighted by molar-refractivity contribution is -0.141. The molecule has 3 rings (SSSR count). The number of ether oxygens (including phenoxy) is 1. The molecule has 5 N–H and O–H groups in total. The van der Waals surface area contributed by atoms with Gasteiger partial charge < -0.3 is 15.8 Å². The molecule has 2 aromatic rings. The number of nitrogens with zero attached hydrogens (tertiary/aromatic N) is 1. The van der Waals surface area contributed by atoms with Crippen molar-refractivity contribution in [3.63, 3.8) is 0 Å². The fourth-order valence-corrected chi connectivity index (χ4v) is 3.32. The Labute approximate surface area is 171 Å². The first-order valence-electron chi connectivity index (χ1n) is 9.55. The first-order valence-corrected chi connectivity index (χ1v) is 9.55. The Hall–Kier alpha value is -2.88. The second kappa shape index (κ2) is 9.29. The summed E-state index contributed by atoms with van der Waals surface area (Å²) in [4.78, 5) is 0. The van der Waals surface area contributed by atoms with Crippen LogP contribution in [0.3, 0.4) is 0 Å². The van der Waals surface area contributed by atoms with E-state index in [1.54, 1.807) is 0 Å². The number of H-pyrrole nitrogens is 1. The zero-order chi connectivity index (χ0) is 21.7. The van der Waals surface area contributed by atoms with Crippen LogP contribution in [0.1, 0.15) is 36.9 Å². The minimum Gasteiger partial charge on any atom is -0.385 e. The van der Waals surface area contributed by atoms with Gasteiger partial charge >= 0.3 is 6.18 Å². The Kier molecular flexibility index (Phi) is 6.76. The molecule has 2 heterocycles. The highest BCUT2D eigenvalue weighted by atomic mass is 19.4. The van der Waals surface area contributed by atoms with Gasteiger partial charge in [-0.25, -0.2) is 4.39 Å². The van der Waals surface area contributed by atoms with E-state index < -0.39 is 17.7 Å². The molecule has 1 saturated heterocycles. The monoisotopic (exact) mass is 425 g/mol. The number of hydrogen-bond acceptors (Lipinski definition) is 5. The standard InChI is InChI=1S/C20H23F4N5O/c21-14-4-2-13(3-5-14)18(25)15(6-1-12-7-9-30-10-8-12)19(26)27-17-11-16(28-29-17)20(22,23)24/h2-5,11-12,25H,1,6-10,26H2,(H2,27,28,29)/b19-15-,25-18?.